The first-order valence-corrected chi connectivity index (χ1v) is 9.34. The molecular weight excluding hydrogens is 358 g/mol. The summed E-state index contributed by atoms with van der Waals surface area (Å²) in [6.45, 7) is 0. The van der Waals surface area contributed by atoms with Gasteiger partial charge in [-0.1, -0.05) is 11.6 Å². The maximum absolute atomic E-state index is 6.20. The molecule has 0 saturated carbocycles. The van der Waals surface area contributed by atoms with E-state index in [2.05, 4.69) is 15.3 Å². The fourth-order valence-corrected chi connectivity index (χ4v) is 4.73. The second-order valence-electron chi connectivity index (χ2n) is 5.93. The van der Waals surface area contributed by atoms with E-state index in [1.54, 1.807) is 38.0 Å². The molecule has 25 heavy (non-hydrogen) atoms. The largest absolute Gasteiger partial charge is 0.495 e. The fraction of sp³-hybridized carbons (Fsp3) is 0.333. The average Bonchev–Trinajstić information content (AvgIpc) is 3.02. The Labute approximate surface area is 155 Å². The van der Waals surface area contributed by atoms with Crippen molar-refractivity contribution in [1.29, 1.82) is 0 Å². The Balaban J connectivity index is 1.82. The Morgan fingerprint density at radius 2 is 1.88 bits per heavy atom. The molecule has 0 unspecified atom stereocenters. The molecular formula is C18H18ClN3O2S. The molecule has 0 saturated heterocycles. The van der Waals surface area contributed by atoms with E-state index in [0.29, 0.717) is 16.5 Å². The van der Waals surface area contributed by atoms with Gasteiger partial charge in [-0.15, -0.1) is 11.3 Å². The second kappa shape index (κ2) is 6.69. The first-order chi connectivity index (χ1) is 12.2. The van der Waals surface area contributed by atoms with E-state index in [-0.39, 0.29) is 0 Å². The highest BCUT2D eigenvalue weighted by molar-refractivity contribution is 7.19. The van der Waals surface area contributed by atoms with Gasteiger partial charge in [-0.3, -0.25) is 0 Å². The highest BCUT2D eigenvalue weighted by atomic mass is 35.5. The molecule has 0 fully saturated rings. The molecule has 3 aromatic rings. The second-order valence-corrected chi connectivity index (χ2v) is 7.42. The quantitative estimate of drug-likeness (QED) is 0.696. The molecule has 1 N–H and O–H groups in total. The van der Waals surface area contributed by atoms with Crippen molar-refractivity contribution >= 4 is 44.7 Å². The summed E-state index contributed by atoms with van der Waals surface area (Å²) in [7, 11) is 3.21. The van der Waals surface area contributed by atoms with Crippen LogP contribution in [0.3, 0.4) is 0 Å². The zero-order valence-corrected chi connectivity index (χ0v) is 15.6. The lowest BCUT2D eigenvalue weighted by atomic mass is 9.97. The predicted octanol–water partition coefficient (Wildman–Crippen LogP) is 4.98. The van der Waals surface area contributed by atoms with E-state index in [1.165, 1.54) is 23.3 Å². The smallest absolute Gasteiger partial charge is 0.144 e. The minimum atomic E-state index is 0.505. The Morgan fingerprint density at radius 1 is 1.08 bits per heavy atom. The summed E-state index contributed by atoms with van der Waals surface area (Å²) in [4.78, 5) is 11.4. The summed E-state index contributed by atoms with van der Waals surface area (Å²) in [5.41, 5.74) is 2.15. The average molecular weight is 376 g/mol. The van der Waals surface area contributed by atoms with Crippen LogP contribution in [0.5, 0.6) is 11.5 Å². The van der Waals surface area contributed by atoms with Crippen LogP contribution in [0, 0.1) is 0 Å². The molecule has 0 amide bonds. The van der Waals surface area contributed by atoms with Gasteiger partial charge in [-0.2, -0.15) is 0 Å². The van der Waals surface area contributed by atoms with Crippen LogP contribution in [-0.2, 0) is 12.8 Å². The lowest BCUT2D eigenvalue weighted by Crippen LogP contribution is -2.02. The molecule has 0 spiro atoms. The molecule has 1 aliphatic carbocycles. The van der Waals surface area contributed by atoms with Gasteiger partial charge in [0.25, 0.3) is 0 Å². The lowest BCUT2D eigenvalue weighted by Gasteiger charge is -2.15. The molecule has 7 heteroatoms. The molecule has 1 aliphatic rings. The zero-order chi connectivity index (χ0) is 17.4. The first kappa shape index (κ1) is 16.4. The van der Waals surface area contributed by atoms with Gasteiger partial charge in [-0.05, 0) is 31.2 Å². The summed E-state index contributed by atoms with van der Waals surface area (Å²) in [5.74, 6) is 2.02. The van der Waals surface area contributed by atoms with Crippen molar-refractivity contribution in [3.05, 3.63) is 33.9 Å². The van der Waals surface area contributed by atoms with E-state index < -0.39 is 0 Å². The fourth-order valence-electron chi connectivity index (χ4n) is 3.27. The van der Waals surface area contributed by atoms with Crippen LogP contribution < -0.4 is 14.8 Å². The molecule has 0 bridgehead atoms. The van der Waals surface area contributed by atoms with Crippen molar-refractivity contribution in [1.82, 2.24) is 9.97 Å². The standard InChI is InChI=1S/C18H18ClN3O2S/c1-23-13-8-12(14(24-2)7-11(13)19)22-17-16-10-5-3-4-6-15(10)25-18(16)21-9-20-17/h7-9H,3-6H2,1-2H3,(H,20,21,22). The van der Waals surface area contributed by atoms with Crippen molar-refractivity contribution in [3.63, 3.8) is 0 Å². The summed E-state index contributed by atoms with van der Waals surface area (Å²) >= 11 is 7.98. The SMILES string of the molecule is COc1cc(Nc2ncnc3sc4c(c23)CCCC4)c(OC)cc1Cl. The minimum Gasteiger partial charge on any atom is -0.495 e. The van der Waals surface area contributed by atoms with E-state index in [1.807, 2.05) is 6.07 Å². The maximum Gasteiger partial charge on any atom is 0.144 e. The van der Waals surface area contributed by atoms with Gasteiger partial charge in [0, 0.05) is 17.0 Å². The number of aryl methyl sites for hydroxylation is 2. The summed E-state index contributed by atoms with van der Waals surface area (Å²) in [5, 5.41) is 5.03. The van der Waals surface area contributed by atoms with Crippen LogP contribution >= 0.6 is 22.9 Å². The maximum atomic E-state index is 6.20. The van der Waals surface area contributed by atoms with E-state index in [4.69, 9.17) is 21.1 Å². The molecule has 1 aromatic carbocycles. The molecule has 4 rings (SSSR count). The van der Waals surface area contributed by atoms with E-state index in [0.717, 1.165) is 34.6 Å². The normalized spacial score (nSPS) is 13.6. The number of nitrogens with one attached hydrogen (secondary N) is 1. The van der Waals surface area contributed by atoms with Gasteiger partial charge < -0.3 is 14.8 Å². The Hall–Kier alpha value is -2.05. The third kappa shape index (κ3) is 2.89. The number of benzene rings is 1. The molecule has 0 radical (unpaired) electrons. The van der Waals surface area contributed by atoms with Gasteiger partial charge in [0.1, 0.15) is 28.5 Å². The van der Waals surface area contributed by atoms with E-state index >= 15 is 0 Å². The summed E-state index contributed by atoms with van der Waals surface area (Å²) in [6, 6.07) is 3.57. The van der Waals surface area contributed by atoms with Crippen molar-refractivity contribution in [3.8, 4) is 11.5 Å². The van der Waals surface area contributed by atoms with Crippen molar-refractivity contribution in [2.75, 3.05) is 19.5 Å². The molecule has 2 heterocycles. The van der Waals surface area contributed by atoms with Crippen LogP contribution in [0.25, 0.3) is 10.2 Å². The van der Waals surface area contributed by atoms with Gasteiger partial charge in [0.2, 0.25) is 0 Å². The van der Waals surface area contributed by atoms with Gasteiger partial charge >= 0.3 is 0 Å². The molecule has 5 nitrogen and oxygen atoms in total. The highest BCUT2D eigenvalue weighted by Crippen LogP contribution is 2.41. The van der Waals surface area contributed by atoms with Crippen molar-refractivity contribution < 1.29 is 9.47 Å². The van der Waals surface area contributed by atoms with E-state index in [9.17, 15) is 0 Å². The van der Waals surface area contributed by atoms with Crippen LogP contribution in [0.2, 0.25) is 5.02 Å². The molecule has 0 atom stereocenters. The van der Waals surface area contributed by atoms with Crippen LogP contribution in [-0.4, -0.2) is 24.2 Å². The number of anilines is 2. The molecule has 0 aliphatic heterocycles. The van der Waals surface area contributed by atoms with Crippen molar-refractivity contribution in [2.24, 2.45) is 0 Å². The third-order valence-corrected chi connectivity index (χ3v) is 5.97. The zero-order valence-electron chi connectivity index (χ0n) is 14.1. The number of hydrogen-bond acceptors (Lipinski definition) is 6. The predicted molar refractivity (Wildman–Crippen MR) is 102 cm³/mol. The number of nitrogens with zero attached hydrogens (tertiary/aromatic N) is 2. The number of thiophene rings is 1. The van der Waals surface area contributed by atoms with Gasteiger partial charge in [0.05, 0.1) is 30.3 Å². The number of methoxy groups -OCH3 is 2. The van der Waals surface area contributed by atoms with Gasteiger partial charge in [-0.25, -0.2) is 9.97 Å². The first-order valence-electron chi connectivity index (χ1n) is 8.15. The molecule has 130 valence electrons. The number of rotatable bonds is 4. The highest BCUT2D eigenvalue weighted by Gasteiger charge is 2.21. The number of ether oxygens (including phenoxy) is 2. The Kier molecular flexibility index (Phi) is 4.39. The topological polar surface area (TPSA) is 56.3 Å². The Morgan fingerprint density at radius 3 is 2.68 bits per heavy atom. The lowest BCUT2D eigenvalue weighted by molar-refractivity contribution is 0.405. The monoisotopic (exact) mass is 375 g/mol. The van der Waals surface area contributed by atoms with Crippen LogP contribution in [0.15, 0.2) is 18.5 Å². The Bertz CT molecular complexity index is 942. The summed E-state index contributed by atoms with van der Waals surface area (Å²) in [6.07, 6.45) is 6.28. The number of hydrogen-bond donors (Lipinski definition) is 1. The molecule has 2 aromatic heterocycles. The van der Waals surface area contributed by atoms with Gasteiger partial charge in [0.15, 0.2) is 0 Å². The number of aromatic nitrogens is 2. The third-order valence-electron chi connectivity index (χ3n) is 4.48. The number of fused-ring (bicyclic) bond motifs is 3. The van der Waals surface area contributed by atoms with Crippen molar-refractivity contribution in [2.45, 2.75) is 25.7 Å². The van der Waals surface area contributed by atoms with Crippen LogP contribution in [0.1, 0.15) is 23.3 Å². The van der Waals surface area contributed by atoms with Crippen LogP contribution in [0.4, 0.5) is 11.5 Å². The minimum absolute atomic E-state index is 0.505. The summed E-state index contributed by atoms with van der Waals surface area (Å²) < 4.78 is 10.8. The number of halogens is 1.